The summed E-state index contributed by atoms with van der Waals surface area (Å²) < 4.78 is 6.05. The molecule has 1 rings (SSSR count). The van der Waals surface area contributed by atoms with Crippen LogP contribution in [0.5, 0.6) is 0 Å². The Balaban J connectivity index is 4.61. The van der Waals surface area contributed by atoms with Crippen LogP contribution in [0, 0.1) is 45.6 Å². The van der Waals surface area contributed by atoms with Gasteiger partial charge in [0.05, 0.1) is 18.3 Å². The second-order valence-electron chi connectivity index (χ2n) is 28.1. The minimum Gasteiger partial charge on any atom is -0.390 e. The number of carbonyl (C=O) groups is 11. The normalized spacial score (nSPS) is 26.3. The van der Waals surface area contributed by atoms with E-state index in [4.69, 9.17) is 4.74 Å². The zero-order chi connectivity index (χ0) is 72.9. The molecule has 27 nitrogen and oxygen atoms in total. The molecule has 27 heteroatoms. The molecule has 1 aliphatic heterocycles. The lowest BCUT2D eigenvalue weighted by Crippen LogP contribution is -2.64. The molecule has 94 heavy (non-hydrogen) atoms. The SMILES string of the molecule is C=CCOC(C)(C)C[C@H]1C(=O)N[C@@H](C(C)C)C(=O)N(C)[C@@H](CC(C)C)C(=O)N[C@@H](C)C(=O)N[C@H](C)C(=O)N(C)[C@@H](CC(C)C)C(=O)N(C)[C@@H](CC(C)C)C(=O)N(C)[C@@H](C(C)C)C(=O)N(C)[C@@H]([C@H](O)[C@H](C)C/C=C/C)C(=O)N[C@@H](CC)C(=O)N(C)[C@H](CC[N+](=O)[O-])C(=O)N1C. The number of amides is 11. The first-order valence-electron chi connectivity index (χ1n) is 33.1. The van der Waals surface area contributed by atoms with E-state index in [9.17, 15) is 39.2 Å². The van der Waals surface area contributed by atoms with Crippen molar-refractivity contribution in [3.63, 3.8) is 0 Å². The minimum atomic E-state index is -1.73. The second kappa shape index (κ2) is 38.5. The van der Waals surface area contributed by atoms with Crippen molar-refractivity contribution in [3.8, 4) is 0 Å². The van der Waals surface area contributed by atoms with Gasteiger partial charge in [-0.15, -0.1) is 6.58 Å². The first kappa shape index (κ1) is 85.0. The molecule has 0 saturated carbocycles. The van der Waals surface area contributed by atoms with Crippen LogP contribution in [0.3, 0.4) is 0 Å². The van der Waals surface area contributed by atoms with Gasteiger partial charge in [0.1, 0.15) is 66.5 Å². The van der Waals surface area contributed by atoms with Crippen LogP contribution in [0.2, 0.25) is 0 Å². The van der Waals surface area contributed by atoms with Crippen molar-refractivity contribution in [3.05, 3.63) is 34.9 Å². The maximum Gasteiger partial charge on any atom is 0.246 e. The van der Waals surface area contributed by atoms with Crippen LogP contribution < -0.4 is 21.3 Å². The van der Waals surface area contributed by atoms with E-state index in [0.29, 0.717) is 0 Å². The standard InChI is InChI=1S/C67H118N12O15/c1-26-29-30-43(14)55(80)54-59(84)70-46(28-3)61(86)72(19)47(31-32-79(92)93)62(87)76(23)51(37-67(17,18)94-33-27-2)58(83)71-52(41(10)11)65(90)73(20)48(34-38(4)5)57(82)68-44(15)56(81)69-45(16)60(85)74(21)49(35-39(6)7)63(88)75(22)50(36-40(8)9)64(89)77(24)53(42(12)13)66(91)78(54)25/h26-27,29,38-55,80H,2,28,30-37H2,1,3-25H3,(H,68,82)(H,69,81)(H,70,84)(H,71,83)/b29-26+/t43-,44+,45-,46+,47-,48+,49+,50+,51+,52+,53+,54+,55-/m1/s1. The van der Waals surface area contributed by atoms with Gasteiger partial charge < -0.3 is 65.4 Å². The molecule has 0 bridgehead atoms. The van der Waals surface area contributed by atoms with Crippen LogP contribution in [0.4, 0.5) is 0 Å². The number of carbonyl (C=O) groups excluding carboxylic acids is 11. The quantitative estimate of drug-likeness (QED) is 0.0623. The molecule has 0 radical (unpaired) electrons. The predicted octanol–water partition coefficient (Wildman–Crippen LogP) is 3.63. The first-order chi connectivity index (χ1) is 43.4. The van der Waals surface area contributed by atoms with Crippen molar-refractivity contribution < 1.29 is 67.5 Å². The zero-order valence-electron chi connectivity index (χ0n) is 60.9. The molecule has 11 amide bonds. The predicted molar refractivity (Wildman–Crippen MR) is 359 cm³/mol. The van der Waals surface area contributed by atoms with Crippen molar-refractivity contribution in [2.75, 3.05) is 62.5 Å². The van der Waals surface area contributed by atoms with E-state index in [1.54, 1.807) is 74.5 Å². The van der Waals surface area contributed by atoms with Crippen molar-refractivity contribution in [1.29, 1.82) is 0 Å². The van der Waals surface area contributed by atoms with Gasteiger partial charge in [-0.1, -0.05) is 101 Å². The number of likely N-dealkylation sites (N-methyl/N-ethyl adjacent to an activating group) is 7. The van der Waals surface area contributed by atoms with Crippen molar-refractivity contribution in [2.45, 2.75) is 241 Å². The fraction of sp³-hybridized carbons (Fsp3) is 0.776. The molecule has 0 aromatic rings. The van der Waals surface area contributed by atoms with Gasteiger partial charge in [-0.3, -0.25) is 62.9 Å². The molecule has 1 saturated heterocycles. The topological polar surface area (TPSA) is 331 Å². The number of ether oxygens (including phenoxy) is 1. The lowest BCUT2D eigenvalue weighted by atomic mass is 9.91. The van der Waals surface area contributed by atoms with E-state index in [0.717, 1.165) is 14.7 Å². The molecule has 1 fully saturated rings. The molecule has 1 heterocycles. The molecule has 536 valence electrons. The van der Waals surface area contributed by atoms with Gasteiger partial charge in [0.2, 0.25) is 71.5 Å². The number of nitrogens with one attached hydrogen (secondary N) is 4. The smallest absolute Gasteiger partial charge is 0.246 e. The van der Waals surface area contributed by atoms with Gasteiger partial charge >= 0.3 is 0 Å². The number of nitrogens with zero attached hydrogens (tertiary/aromatic N) is 8. The molecule has 0 aromatic carbocycles. The van der Waals surface area contributed by atoms with Crippen molar-refractivity contribution >= 4 is 65.0 Å². The van der Waals surface area contributed by atoms with Crippen LogP contribution in [-0.4, -0.2) is 250 Å². The summed E-state index contributed by atoms with van der Waals surface area (Å²) in [6.07, 6.45) is 2.97. The lowest BCUT2D eigenvalue weighted by molar-refractivity contribution is -0.481. The Labute approximate surface area is 559 Å². The Morgan fingerprint density at radius 2 is 0.989 bits per heavy atom. The van der Waals surface area contributed by atoms with E-state index in [-0.39, 0.29) is 62.9 Å². The number of hydrogen-bond acceptors (Lipinski definition) is 15. The van der Waals surface area contributed by atoms with Crippen LogP contribution in [0.15, 0.2) is 24.8 Å². The first-order valence-corrected chi connectivity index (χ1v) is 33.1. The van der Waals surface area contributed by atoms with Gasteiger partial charge in [0.25, 0.3) is 0 Å². The number of allylic oxidation sites excluding steroid dienone is 2. The Kier molecular flexibility index (Phi) is 34.8. The molecule has 5 N–H and O–H groups in total. The fourth-order valence-corrected chi connectivity index (χ4v) is 11.7. The summed E-state index contributed by atoms with van der Waals surface area (Å²) in [5.41, 5.74) is -1.20. The minimum absolute atomic E-state index is 0.0150. The molecule has 0 unspecified atom stereocenters. The maximum atomic E-state index is 15.3. The van der Waals surface area contributed by atoms with Crippen LogP contribution in [-0.2, 0) is 57.5 Å². The van der Waals surface area contributed by atoms with Crippen LogP contribution >= 0.6 is 0 Å². The molecule has 0 spiro atoms. The van der Waals surface area contributed by atoms with Crippen LogP contribution in [0.1, 0.15) is 163 Å². The van der Waals surface area contributed by atoms with E-state index in [2.05, 4.69) is 27.8 Å². The highest BCUT2D eigenvalue weighted by atomic mass is 16.6. The maximum absolute atomic E-state index is 15.3. The fourth-order valence-electron chi connectivity index (χ4n) is 11.7. The van der Waals surface area contributed by atoms with Gasteiger partial charge in [0, 0.05) is 67.1 Å². The largest absolute Gasteiger partial charge is 0.390 e. The highest BCUT2D eigenvalue weighted by Crippen LogP contribution is 2.27. The monoisotopic (exact) mass is 1330 g/mol. The summed E-state index contributed by atoms with van der Waals surface area (Å²) in [6, 6.07) is -15.3. The highest BCUT2D eigenvalue weighted by Gasteiger charge is 2.47. The molecule has 13 atom stereocenters. The third-order valence-corrected chi connectivity index (χ3v) is 17.5. The Hall–Kier alpha value is -7.03. The summed E-state index contributed by atoms with van der Waals surface area (Å²) in [5, 5.41) is 35.2. The van der Waals surface area contributed by atoms with E-state index in [1.165, 1.54) is 88.9 Å². The van der Waals surface area contributed by atoms with Crippen LogP contribution in [0.25, 0.3) is 0 Å². The van der Waals surface area contributed by atoms with Crippen molar-refractivity contribution in [1.82, 2.24) is 55.6 Å². The highest BCUT2D eigenvalue weighted by molar-refractivity contribution is 6.00. The molecular weight excluding hydrogens is 1210 g/mol. The Morgan fingerprint density at radius 1 is 0.553 bits per heavy atom. The molecular formula is C67H118N12O15. The van der Waals surface area contributed by atoms with E-state index >= 15 is 28.8 Å². The van der Waals surface area contributed by atoms with Crippen molar-refractivity contribution in [2.24, 2.45) is 35.5 Å². The van der Waals surface area contributed by atoms with Gasteiger partial charge in [-0.25, -0.2) is 0 Å². The molecule has 0 aromatic heterocycles. The average Bonchev–Trinajstić information content (AvgIpc) is 0.810. The third-order valence-electron chi connectivity index (χ3n) is 17.5. The summed E-state index contributed by atoms with van der Waals surface area (Å²) in [7, 11) is 9.41. The summed E-state index contributed by atoms with van der Waals surface area (Å²) in [6.45, 7) is 31.7. The number of aliphatic hydroxyl groups is 1. The zero-order valence-corrected chi connectivity index (χ0v) is 60.9. The number of hydrogen-bond donors (Lipinski definition) is 5. The van der Waals surface area contributed by atoms with E-state index in [1.807, 2.05) is 41.5 Å². The number of nitro groups is 1. The van der Waals surface area contributed by atoms with E-state index < -0.39 is 179 Å². The molecule has 1 aliphatic rings. The van der Waals surface area contributed by atoms with Gasteiger partial charge in [-0.05, 0) is 102 Å². The second-order valence-corrected chi connectivity index (χ2v) is 28.1. The van der Waals surface area contributed by atoms with Gasteiger partial charge in [0.15, 0.2) is 0 Å². The summed E-state index contributed by atoms with van der Waals surface area (Å²) in [4.78, 5) is 183. The van der Waals surface area contributed by atoms with Gasteiger partial charge in [-0.2, -0.15) is 0 Å². The Morgan fingerprint density at radius 3 is 1.46 bits per heavy atom. The summed E-state index contributed by atoms with van der Waals surface area (Å²) in [5.74, 6) is -11.3. The lowest BCUT2D eigenvalue weighted by Gasteiger charge is -2.41. The average molecular weight is 1330 g/mol. The third kappa shape index (κ3) is 24.0. The Bertz CT molecular complexity index is 2650. The number of aliphatic hydroxyl groups excluding tert-OH is 1. The number of rotatable bonds is 21. The molecule has 0 aliphatic carbocycles. The summed E-state index contributed by atoms with van der Waals surface area (Å²) >= 11 is 0.